The van der Waals surface area contributed by atoms with Crippen LogP contribution in [0.15, 0.2) is 4.99 Å². The molecule has 1 unspecified atom stereocenters. The molecule has 0 heterocycles. The number of thiocarbonyl (C=S) groups is 1. The Labute approximate surface area is 70.3 Å². The van der Waals surface area contributed by atoms with Gasteiger partial charge in [-0.15, -0.1) is 0 Å². The Bertz CT molecular complexity index is 177. The molecule has 0 rings (SSSR count). The van der Waals surface area contributed by atoms with E-state index in [-0.39, 0.29) is 6.54 Å². The van der Waals surface area contributed by atoms with Gasteiger partial charge in [0.15, 0.2) is 0 Å². The van der Waals surface area contributed by atoms with Gasteiger partial charge in [0.2, 0.25) is 0 Å². The lowest BCUT2D eigenvalue weighted by Gasteiger charge is -2.08. The number of nitrogens with zero attached hydrogens (tertiary/aromatic N) is 1. The molecular formula is C6H10N2O2S. The fourth-order valence-corrected chi connectivity index (χ4v) is 0.679. The Hall–Kier alpha value is -0.770. The summed E-state index contributed by atoms with van der Waals surface area (Å²) in [6.07, 6.45) is 0. The molecule has 0 aliphatic heterocycles. The molecule has 0 saturated carbocycles. The average molecular weight is 174 g/mol. The smallest absolute Gasteiger partial charge is 0.322 e. The number of carboxylic acids is 1. The Morgan fingerprint density at radius 1 is 1.91 bits per heavy atom. The summed E-state index contributed by atoms with van der Waals surface area (Å²) in [6.45, 7) is 2.58. The van der Waals surface area contributed by atoms with Crippen LogP contribution in [-0.4, -0.2) is 35.4 Å². The lowest BCUT2D eigenvalue weighted by molar-refractivity contribution is -0.139. The summed E-state index contributed by atoms with van der Waals surface area (Å²) in [5, 5.41) is 13.4. The van der Waals surface area contributed by atoms with E-state index < -0.39 is 12.0 Å². The quantitative estimate of drug-likeness (QED) is 0.460. The number of rotatable bonds is 5. The molecule has 11 heavy (non-hydrogen) atoms. The van der Waals surface area contributed by atoms with E-state index in [1.54, 1.807) is 0 Å². The largest absolute Gasteiger partial charge is 0.480 e. The van der Waals surface area contributed by atoms with Crippen molar-refractivity contribution in [3.05, 3.63) is 0 Å². The summed E-state index contributed by atoms with van der Waals surface area (Å²) >= 11 is 4.30. The minimum atomic E-state index is -0.916. The number of hydrogen-bond acceptors (Lipinski definition) is 4. The van der Waals surface area contributed by atoms with E-state index in [1.165, 1.54) is 0 Å². The summed E-state index contributed by atoms with van der Waals surface area (Å²) in [7, 11) is 0. The fraction of sp³-hybridized carbons (Fsp3) is 0.667. The zero-order chi connectivity index (χ0) is 8.69. The number of carbonyl (C=O) groups is 1. The Balaban J connectivity index is 3.88. The van der Waals surface area contributed by atoms with Crippen LogP contribution in [0.2, 0.25) is 0 Å². The Kier molecular flexibility index (Phi) is 5.56. The highest BCUT2D eigenvalue weighted by atomic mass is 32.1. The van der Waals surface area contributed by atoms with Crippen molar-refractivity contribution < 1.29 is 9.90 Å². The number of likely N-dealkylation sites (N-methyl/N-ethyl adjacent to an activating group) is 1. The average Bonchev–Trinajstić information content (AvgIpc) is 1.97. The molecule has 0 radical (unpaired) electrons. The van der Waals surface area contributed by atoms with E-state index in [0.29, 0.717) is 6.54 Å². The molecule has 62 valence electrons. The zero-order valence-electron chi connectivity index (χ0n) is 6.20. The predicted molar refractivity (Wildman–Crippen MR) is 45.0 cm³/mol. The molecule has 0 aromatic carbocycles. The highest BCUT2D eigenvalue weighted by molar-refractivity contribution is 7.78. The van der Waals surface area contributed by atoms with Crippen LogP contribution in [0.4, 0.5) is 0 Å². The molecule has 0 aromatic heterocycles. The number of carboxylic acid groups (broad SMARTS) is 1. The van der Waals surface area contributed by atoms with E-state index in [0.717, 1.165) is 0 Å². The molecule has 0 saturated heterocycles. The van der Waals surface area contributed by atoms with Crippen LogP contribution < -0.4 is 5.32 Å². The monoisotopic (exact) mass is 174 g/mol. The van der Waals surface area contributed by atoms with Gasteiger partial charge < -0.3 is 10.4 Å². The van der Waals surface area contributed by atoms with Gasteiger partial charge in [-0.3, -0.25) is 4.79 Å². The maximum absolute atomic E-state index is 10.4. The van der Waals surface area contributed by atoms with Gasteiger partial charge in [-0.05, 0) is 18.8 Å². The normalized spacial score (nSPS) is 11.7. The first-order valence-corrected chi connectivity index (χ1v) is 3.63. The highest BCUT2D eigenvalue weighted by Crippen LogP contribution is 1.84. The van der Waals surface area contributed by atoms with Gasteiger partial charge in [0.25, 0.3) is 0 Å². The van der Waals surface area contributed by atoms with Gasteiger partial charge >= 0.3 is 5.97 Å². The van der Waals surface area contributed by atoms with Crippen molar-refractivity contribution in [1.29, 1.82) is 0 Å². The molecule has 0 bridgehead atoms. The number of hydrogen-bond donors (Lipinski definition) is 2. The van der Waals surface area contributed by atoms with Crippen LogP contribution >= 0.6 is 12.2 Å². The summed E-state index contributed by atoms with van der Waals surface area (Å²) in [5.74, 6) is -0.916. The third-order valence-electron chi connectivity index (χ3n) is 1.09. The van der Waals surface area contributed by atoms with E-state index in [2.05, 4.69) is 27.7 Å². The van der Waals surface area contributed by atoms with Crippen LogP contribution in [0.25, 0.3) is 0 Å². The first kappa shape index (κ1) is 10.2. The number of aliphatic carboxylic acids is 1. The third kappa shape index (κ3) is 4.61. The Morgan fingerprint density at radius 2 is 2.55 bits per heavy atom. The second-order valence-corrected chi connectivity index (χ2v) is 2.06. The predicted octanol–water partition coefficient (Wildman–Crippen LogP) is 0.152. The first-order chi connectivity index (χ1) is 5.22. The second kappa shape index (κ2) is 5.97. The van der Waals surface area contributed by atoms with Gasteiger partial charge in [-0.25, -0.2) is 4.99 Å². The van der Waals surface area contributed by atoms with Crippen molar-refractivity contribution >= 4 is 23.3 Å². The molecule has 4 nitrogen and oxygen atoms in total. The molecule has 0 spiro atoms. The summed E-state index contributed by atoms with van der Waals surface area (Å²) in [6, 6.07) is -0.643. The number of isothiocyanates is 1. The molecule has 0 amide bonds. The molecule has 1 atom stereocenters. The molecule has 0 aliphatic carbocycles. The van der Waals surface area contributed by atoms with E-state index in [9.17, 15) is 4.79 Å². The minimum absolute atomic E-state index is 0.146. The summed E-state index contributed by atoms with van der Waals surface area (Å²) < 4.78 is 0. The molecule has 0 fully saturated rings. The maximum atomic E-state index is 10.4. The molecule has 5 heteroatoms. The van der Waals surface area contributed by atoms with Crippen LogP contribution in [0.1, 0.15) is 6.92 Å². The Morgan fingerprint density at radius 3 is 2.91 bits per heavy atom. The second-order valence-electron chi connectivity index (χ2n) is 1.88. The lowest BCUT2D eigenvalue weighted by Crippen LogP contribution is -2.38. The molecule has 0 aromatic rings. The lowest BCUT2D eigenvalue weighted by atomic mass is 10.3. The van der Waals surface area contributed by atoms with Crippen molar-refractivity contribution in [3.63, 3.8) is 0 Å². The van der Waals surface area contributed by atoms with Gasteiger partial charge in [0.1, 0.15) is 6.04 Å². The molecular weight excluding hydrogens is 164 g/mol. The summed E-state index contributed by atoms with van der Waals surface area (Å²) in [5.41, 5.74) is 0. The van der Waals surface area contributed by atoms with E-state index >= 15 is 0 Å². The van der Waals surface area contributed by atoms with Gasteiger partial charge in [0, 0.05) is 0 Å². The standard InChI is InChI=1S/C6H10N2O2S/c1-2-8-5(6(9)10)3-7-4-11/h5,8H,2-3H2,1H3,(H,9,10). The van der Waals surface area contributed by atoms with Crippen molar-refractivity contribution in [2.45, 2.75) is 13.0 Å². The van der Waals surface area contributed by atoms with Crippen molar-refractivity contribution in [2.75, 3.05) is 13.1 Å². The SMILES string of the molecule is CCNC(CN=C=S)C(=O)O. The van der Waals surface area contributed by atoms with Crippen molar-refractivity contribution in [2.24, 2.45) is 4.99 Å². The van der Waals surface area contributed by atoms with E-state index in [4.69, 9.17) is 5.11 Å². The van der Waals surface area contributed by atoms with Crippen molar-refractivity contribution in [1.82, 2.24) is 5.32 Å². The zero-order valence-corrected chi connectivity index (χ0v) is 7.02. The van der Waals surface area contributed by atoms with Gasteiger partial charge in [-0.2, -0.15) is 0 Å². The molecule has 0 aliphatic rings. The number of aliphatic imine (C=N–C) groups is 1. The maximum Gasteiger partial charge on any atom is 0.322 e. The van der Waals surface area contributed by atoms with E-state index in [1.807, 2.05) is 6.92 Å². The van der Waals surface area contributed by atoms with Gasteiger partial charge in [-0.1, -0.05) is 6.92 Å². The highest BCUT2D eigenvalue weighted by Gasteiger charge is 2.13. The van der Waals surface area contributed by atoms with Crippen LogP contribution in [0.3, 0.4) is 0 Å². The minimum Gasteiger partial charge on any atom is -0.480 e. The first-order valence-electron chi connectivity index (χ1n) is 3.22. The van der Waals surface area contributed by atoms with Gasteiger partial charge in [0.05, 0.1) is 11.7 Å². The summed E-state index contributed by atoms with van der Waals surface area (Å²) in [4.78, 5) is 13.9. The fourth-order valence-electron chi connectivity index (χ4n) is 0.605. The third-order valence-corrected chi connectivity index (χ3v) is 1.22. The molecule has 2 N–H and O–H groups in total. The van der Waals surface area contributed by atoms with Crippen LogP contribution in [-0.2, 0) is 4.79 Å². The topological polar surface area (TPSA) is 61.7 Å². The number of nitrogens with one attached hydrogen (secondary N) is 1. The van der Waals surface area contributed by atoms with Crippen LogP contribution in [0.5, 0.6) is 0 Å². The van der Waals surface area contributed by atoms with Crippen molar-refractivity contribution in [3.8, 4) is 0 Å². The van der Waals surface area contributed by atoms with Crippen LogP contribution in [0, 0.1) is 0 Å².